The highest BCUT2D eigenvalue weighted by Gasteiger charge is 2.19. The Balaban J connectivity index is 4.34. The van der Waals surface area contributed by atoms with E-state index in [1.54, 1.807) is 0 Å². The minimum Gasteiger partial charge on any atom is -0.462 e. The number of hydrogen-bond acceptors (Lipinski definition) is 6. The van der Waals surface area contributed by atoms with Gasteiger partial charge in [0.2, 0.25) is 0 Å². The van der Waals surface area contributed by atoms with Gasteiger partial charge >= 0.3 is 17.9 Å². The maximum absolute atomic E-state index is 12.9. The van der Waals surface area contributed by atoms with Gasteiger partial charge in [-0.25, -0.2) is 0 Å². The molecule has 0 aromatic heterocycles. The molecular formula is C73H118O6. The Hall–Kier alpha value is -4.71. The average molecular weight is 1090 g/mol. The number of rotatable bonds is 57. The molecule has 1 atom stereocenters. The molecule has 0 bridgehead atoms. The highest BCUT2D eigenvalue weighted by molar-refractivity contribution is 5.71. The molecule has 6 heteroatoms. The van der Waals surface area contributed by atoms with Gasteiger partial charge in [0.25, 0.3) is 0 Å². The van der Waals surface area contributed by atoms with Crippen LogP contribution in [-0.4, -0.2) is 37.2 Å². The van der Waals surface area contributed by atoms with E-state index < -0.39 is 6.10 Å². The molecule has 0 amide bonds. The van der Waals surface area contributed by atoms with Crippen LogP contribution in [0.15, 0.2) is 146 Å². The largest absolute Gasteiger partial charge is 0.462 e. The lowest BCUT2D eigenvalue weighted by atomic mass is 10.0. The van der Waals surface area contributed by atoms with Crippen molar-refractivity contribution in [2.24, 2.45) is 0 Å². The molecule has 0 spiro atoms. The Kier molecular flexibility index (Phi) is 61.9. The molecule has 79 heavy (non-hydrogen) atoms. The van der Waals surface area contributed by atoms with Crippen LogP contribution < -0.4 is 0 Å². The molecule has 0 saturated carbocycles. The van der Waals surface area contributed by atoms with E-state index in [0.717, 1.165) is 167 Å². The van der Waals surface area contributed by atoms with E-state index in [2.05, 4.69) is 167 Å². The second kappa shape index (κ2) is 65.8. The lowest BCUT2D eigenvalue weighted by Gasteiger charge is -2.18. The van der Waals surface area contributed by atoms with Gasteiger partial charge < -0.3 is 14.2 Å². The standard InChI is InChI=1S/C73H118O6/c1-4-7-10-13-16-19-22-25-28-30-31-32-33-34-35-36-37-38-39-40-41-43-45-48-51-54-57-60-63-66-72(75)78-69-70(68-77-71(74)65-62-59-56-53-50-47-44-27-24-21-18-15-12-9-6-3)79-73(76)67-64-61-58-55-52-49-46-42-29-26-23-20-17-14-11-8-5-2/h7-12,16-21,25-29,31-32,34-35,44,46,49,70H,4-6,13-15,22-24,30,33,36-43,45,47-48,50-69H2,1-3H3/b10-7-,11-8-,12-9-,19-16-,20-17-,21-18-,28-25-,29-26-,32-31-,35-34-,44-27-,49-46-. The van der Waals surface area contributed by atoms with Gasteiger partial charge in [-0.3, -0.25) is 14.4 Å². The summed E-state index contributed by atoms with van der Waals surface area (Å²) in [5.74, 6) is -0.940. The van der Waals surface area contributed by atoms with Gasteiger partial charge in [-0.2, -0.15) is 0 Å². The summed E-state index contributed by atoms with van der Waals surface area (Å²) in [6, 6.07) is 0. The van der Waals surface area contributed by atoms with Crippen LogP contribution in [0, 0.1) is 0 Å². The van der Waals surface area contributed by atoms with Crippen molar-refractivity contribution in [1.29, 1.82) is 0 Å². The Morgan fingerprint density at radius 3 is 0.709 bits per heavy atom. The number of esters is 3. The van der Waals surface area contributed by atoms with E-state index in [-0.39, 0.29) is 31.1 Å². The van der Waals surface area contributed by atoms with E-state index in [1.807, 2.05) is 0 Å². The summed E-state index contributed by atoms with van der Waals surface area (Å²) in [6.07, 6.45) is 94.3. The zero-order valence-corrected chi connectivity index (χ0v) is 51.1. The van der Waals surface area contributed by atoms with Crippen LogP contribution in [0.4, 0.5) is 0 Å². The first-order chi connectivity index (χ1) is 39.0. The predicted octanol–water partition coefficient (Wildman–Crippen LogP) is 22.3. The summed E-state index contributed by atoms with van der Waals surface area (Å²) in [5.41, 5.74) is 0. The number of allylic oxidation sites excluding steroid dienone is 24. The van der Waals surface area contributed by atoms with E-state index in [0.29, 0.717) is 19.3 Å². The third-order valence-electron chi connectivity index (χ3n) is 13.3. The third-order valence-corrected chi connectivity index (χ3v) is 13.3. The van der Waals surface area contributed by atoms with Gasteiger partial charge in [-0.15, -0.1) is 0 Å². The molecule has 446 valence electrons. The minimum atomic E-state index is -0.805. The molecular weight excluding hydrogens is 973 g/mol. The molecule has 0 fully saturated rings. The van der Waals surface area contributed by atoms with Crippen LogP contribution in [0.5, 0.6) is 0 Å². The van der Waals surface area contributed by atoms with E-state index in [1.165, 1.54) is 70.6 Å². The van der Waals surface area contributed by atoms with Crippen molar-refractivity contribution in [2.45, 2.75) is 284 Å². The Morgan fingerprint density at radius 2 is 0.456 bits per heavy atom. The normalized spacial score (nSPS) is 13.1. The van der Waals surface area contributed by atoms with Crippen molar-refractivity contribution in [3.8, 4) is 0 Å². The van der Waals surface area contributed by atoms with Crippen LogP contribution in [0.1, 0.15) is 278 Å². The SMILES string of the molecule is CC/C=C\C/C=C\C/C=C\C/C=C\C/C=C\CCCCCCCCCCCCCCCC(=O)OCC(COC(=O)CCCCCCC/C=C\C/C=C\C/C=C\CC)OC(=O)CCCCCC/C=C\C/C=C\C/C=C\C/C=C\CC. The minimum absolute atomic E-state index is 0.0984. The van der Waals surface area contributed by atoms with Crippen LogP contribution in [0.2, 0.25) is 0 Å². The first-order valence-corrected chi connectivity index (χ1v) is 32.3. The van der Waals surface area contributed by atoms with Gasteiger partial charge in [-0.05, 0) is 135 Å². The van der Waals surface area contributed by atoms with Gasteiger partial charge in [0.1, 0.15) is 13.2 Å². The number of carbonyl (C=O) groups excluding carboxylic acids is 3. The Labute approximate surface area is 487 Å². The molecule has 1 unspecified atom stereocenters. The molecule has 0 aliphatic carbocycles. The fourth-order valence-corrected chi connectivity index (χ4v) is 8.59. The van der Waals surface area contributed by atoms with Crippen LogP contribution in [-0.2, 0) is 28.6 Å². The fourth-order valence-electron chi connectivity index (χ4n) is 8.59. The maximum Gasteiger partial charge on any atom is 0.306 e. The molecule has 0 N–H and O–H groups in total. The number of hydrogen-bond donors (Lipinski definition) is 0. The highest BCUT2D eigenvalue weighted by atomic mass is 16.6. The molecule has 0 rings (SSSR count). The molecule has 0 saturated heterocycles. The number of unbranched alkanes of at least 4 members (excludes halogenated alkanes) is 22. The Morgan fingerprint density at radius 1 is 0.253 bits per heavy atom. The number of ether oxygens (including phenoxy) is 3. The lowest BCUT2D eigenvalue weighted by Crippen LogP contribution is -2.30. The third kappa shape index (κ3) is 64.0. The maximum atomic E-state index is 12.9. The number of carbonyl (C=O) groups is 3. The monoisotopic (exact) mass is 1090 g/mol. The van der Waals surface area contributed by atoms with Crippen molar-refractivity contribution in [2.75, 3.05) is 13.2 Å². The summed E-state index contributed by atoms with van der Waals surface area (Å²) in [5, 5.41) is 0. The van der Waals surface area contributed by atoms with Gasteiger partial charge in [0.15, 0.2) is 6.10 Å². The molecule has 6 nitrogen and oxygen atoms in total. The summed E-state index contributed by atoms with van der Waals surface area (Å²) < 4.78 is 16.9. The molecule has 0 radical (unpaired) electrons. The van der Waals surface area contributed by atoms with Crippen molar-refractivity contribution in [3.05, 3.63) is 146 Å². The van der Waals surface area contributed by atoms with Gasteiger partial charge in [-0.1, -0.05) is 269 Å². The molecule has 0 aliphatic rings. The lowest BCUT2D eigenvalue weighted by molar-refractivity contribution is -0.167. The van der Waals surface area contributed by atoms with Gasteiger partial charge in [0, 0.05) is 19.3 Å². The van der Waals surface area contributed by atoms with Crippen molar-refractivity contribution >= 4 is 17.9 Å². The topological polar surface area (TPSA) is 78.9 Å². The summed E-state index contributed by atoms with van der Waals surface area (Å²) in [6.45, 7) is 6.27. The zero-order valence-electron chi connectivity index (χ0n) is 51.1. The smallest absolute Gasteiger partial charge is 0.306 e. The van der Waals surface area contributed by atoms with E-state index in [4.69, 9.17) is 14.2 Å². The average Bonchev–Trinajstić information content (AvgIpc) is 3.45. The Bertz CT molecular complexity index is 1730. The quantitative estimate of drug-likeness (QED) is 0.0261. The summed E-state index contributed by atoms with van der Waals surface area (Å²) in [4.78, 5) is 38.3. The highest BCUT2D eigenvalue weighted by Crippen LogP contribution is 2.15. The predicted molar refractivity (Wildman–Crippen MR) is 343 cm³/mol. The van der Waals surface area contributed by atoms with Crippen molar-refractivity contribution in [3.63, 3.8) is 0 Å². The van der Waals surface area contributed by atoms with Gasteiger partial charge in [0.05, 0.1) is 0 Å². The second-order valence-electron chi connectivity index (χ2n) is 20.9. The van der Waals surface area contributed by atoms with E-state index >= 15 is 0 Å². The molecule has 0 aromatic rings. The molecule has 0 heterocycles. The van der Waals surface area contributed by atoms with Crippen LogP contribution >= 0.6 is 0 Å². The van der Waals surface area contributed by atoms with E-state index in [9.17, 15) is 14.4 Å². The fraction of sp³-hybridized carbons (Fsp3) is 0.630. The summed E-state index contributed by atoms with van der Waals surface area (Å²) >= 11 is 0. The van der Waals surface area contributed by atoms with Crippen molar-refractivity contribution < 1.29 is 28.6 Å². The first-order valence-electron chi connectivity index (χ1n) is 32.3. The second-order valence-corrected chi connectivity index (χ2v) is 20.9. The zero-order chi connectivity index (χ0) is 57.1. The molecule has 0 aliphatic heterocycles. The first kappa shape index (κ1) is 74.3. The van der Waals surface area contributed by atoms with Crippen LogP contribution in [0.3, 0.4) is 0 Å². The van der Waals surface area contributed by atoms with Crippen LogP contribution in [0.25, 0.3) is 0 Å². The molecule has 0 aromatic carbocycles. The van der Waals surface area contributed by atoms with Crippen molar-refractivity contribution in [1.82, 2.24) is 0 Å². The summed E-state index contributed by atoms with van der Waals surface area (Å²) in [7, 11) is 0.